The number of nitrogens with two attached hydrogens (primary N) is 1. The average molecular weight is 374 g/mol. The predicted octanol–water partition coefficient (Wildman–Crippen LogP) is 3.67. The Hall–Kier alpha value is -0.490. The molecule has 4 atom stereocenters. The molecule has 5 nitrogen and oxygen atoms in total. The zero-order valence-corrected chi connectivity index (χ0v) is 17.0. The van der Waals surface area contributed by atoms with Crippen LogP contribution in [0.1, 0.15) is 104 Å². The van der Waals surface area contributed by atoms with Crippen molar-refractivity contribution in [2.75, 3.05) is 0 Å². The fraction of sp³-hybridized carbons (Fsp3) is 0.952. The minimum absolute atomic E-state index is 0.426. The van der Waals surface area contributed by atoms with E-state index in [1.165, 1.54) is 71.1 Å². The van der Waals surface area contributed by atoms with Crippen LogP contribution in [0, 0.1) is 5.92 Å². The van der Waals surface area contributed by atoms with Gasteiger partial charge >= 0.3 is 0 Å². The number of hydrogen-bond acceptors (Lipinski definition) is 5. The molecule has 0 saturated heterocycles. The van der Waals surface area contributed by atoms with Gasteiger partial charge in [0.1, 0.15) is 12.3 Å². The van der Waals surface area contributed by atoms with E-state index in [1.807, 2.05) is 0 Å². The third-order valence-corrected chi connectivity index (χ3v) is 5.13. The first-order valence-electron chi connectivity index (χ1n) is 10.7. The molecule has 0 radical (unpaired) electrons. The maximum absolute atomic E-state index is 11.8. The van der Waals surface area contributed by atoms with Crippen LogP contribution in [0.2, 0.25) is 0 Å². The van der Waals surface area contributed by atoms with E-state index < -0.39 is 30.1 Å². The monoisotopic (exact) mass is 373 g/mol. The van der Waals surface area contributed by atoms with E-state index in [4.69, 9.17) is 5.73 Å². The van der Waals surface area contributed by atoms with E-state index in [0.29, 0.717) is 6.42 Å². The van der Waals surface area contributed by atoms with Crippen LogP contribution in [0.25, 0.3) is 0 Å². The van der Waals surface area contributed by atoms with Gasteiger partial charge in [-0.15, -0.1) is 0 Å². The smallest absolute Gasteiger partial charge is 0.170 e. The summed E-state index contributed by atoms with van der Waals surface area (Å²) in [5.41, 5.74) is 5.38. The molecule has 0 aromatic rings. The van der Waals surface area contributed by atoms with E-state index in [9.17, 15) is 20.1 Å². The number of carbonyl (C=O) groups is 1. The van der Waals surface area contributed by atoms with Gasteiger partial charge in [-0.1, -0.05) is 90.4 Å². The summed E-state index contributed by atoms with van der Waals surface area (Å²) in [4.78, 5) is 11.8. The molecule has 0 aliphatic rings. The molecular formula is C21H43NO4. The molecule has 0 rings (SSSR count). The summed E-state index contributed by atoms with van der Waals surface area (Å²) >= 11 is 0. The molecule has 2 unspecified atom stereocenters. The molecule has 0 bridgehead atoms. The molecule has 0 aliphatic heterocycles. The molecular weight excluding hydrogens is 330 g/mol. The van der Waals surface area contributed by atoms with Gasteiger partial charge in [0.15, 0.2) is 5.78 Å². The minimum Gasteiger partial charge on any atom is -0.392 e. The van der Waals surface area contributed by atoms with Gasteiger partial charge in [-0.3, -0.25) is 4.79 Å². The third kappa shape index (κ3) is 12.8. The zero-order valence-electron chi connectivity index (χ0n) is 17.0. The zero-order chi connectivity index (χ0) is 19.8. The highest BCUT2D eigenvalue weighted by molar-refractivity contribution is 5.85. The molecule has 0 heterocycles. The second-order valence-corrected chi connectivity index (χ2v) is 7.69. The quantitative estimate of drug-likeness (QED) is 0.217. The van der Waals surface area contributed by atoms with Gasteiger partial charge in [-0.05, 0) is 13.3 Å². The normalized spacial score (nSPS) is 16.2. The van der Waals surface area contributed by atoms with Gasteiger partial charge in [0.05, 0.1) is 12.0 Å². The van der Waals surface area contributed by atoms with Crippen molar-refractivity contribution in [3.8, 4) is 0 Å². The molecule has 156 valence electrons. The summed E-state index contributed by atoms with van der Waals surface area (Å²) < 4.78 is 0. The largest absolute Gasteiger partial charge is 0.392 e. The van der Waals surface area contributed by atoms with Crippen molar-refractivity contribution in [3.05, 3.63) is 0 Å². The fourth-order valence-corrected chi connectivity index (χ4v) is 3.41. The Morgan fingerprint density at radius 3 is 1.50 bits per heavy atom. The highest BCUT2D eigenvalue weighted by Crippen LogP contribution is 2.18. The molecule has 0 aliphatic carbocycles. The number of ketones is 1. The lowest BCUT2D eigenvalue weighted by atomic mass is 9.89. The van der Waals surface area contributed by atoms with Crippen molar-refractivity contribution >= 4 is 5.78 Å². The summed E-state index contributed by atoms with van der Waals surface area (Å²) in [6, 6.07) is 0. The first-order chi connectivity index (χ1) is 12.4. The van der Waals surface area contributed by atoms with Crippen molar-refractivity contribution in [2.24, 2.45) is 11.7 Å². The van der Waals surface area contributed by atoms with Crippen LogP contribution in [-0.2, 0) is 4.79 Å². The van der Waals surface area contributed by atoms with E-state index in [-0.39, 0.29) is 0 Å². The lowest BCUT2D eigenvalue weighted by molar-refractivity contribution is -0.139. The molecule has 26 heavy (non-hydrogen) atoms. The number of rotatable bonds is 18. The van der Waals surface area contributed by atoms with E-state index >= 15 is 0 Å². The van der Waals surface area contributed by atoms with Crippen LogP contribution in [0.3, 0.4) is 0 Å². The standard InChI is InChI=1S/C21H43NO4/c1-3-4-5-6-7-8-9-10-11-12-13-14-15-16-18(24)19(21(22)26)20(25)17(2)23/h17-19,21,23-24,26H,3-16,22H2,1-2H3/t17?,18-,19-,21?/m1/s1. The Labute approximate surface area is 160 Å². The van der Waals surface area contributed by atoms with Crippen molar-refractivity contribution in [2.45, 2.75) is 122 Å². The van der Waals surface area contributed by atoms with Gasteiger partial charge in [0.2, 0.25) is 0 Å². The number of hydrogen-bond donors (Lipinski definition) is 4. The highest BCUT2D eigenvalue weighted by atomic mass is 16.3. The summed E-state index contributed by atoms with van der Waals surface area (Å²) in [5.74, 6) is -1.70. The molecule has 0 aromatic carbocycles. The number of aliphatic hydroxyl groups excluding tert-OH is 3. The molecule has 5 heteroatoms. The van der Waals surface area contributed by atoms with Gasteiger partial charge in [-0.2, -0.15) is 0 Å². The van der Waals surface area contributed by atoms with E-state index in [1.54, 1.807) is 0 Å². The molecule has 5 N–H and O–H groups in total. The summed E-state index contributed by atoms with van der Waals surface area (Å²) in [6.45, 7) is 3.57. The number of unbranched alkanes of at least 4 members (excludes halogenated alkanes) is 12. The lowest BCUT2D eigenvalue weighted by Gasteiger charge is -2.25. The van der Waals surface area contributed by atoms with Crippen LogP contribution < -0.4 is 5.73 Å². The summed E-state index contributed by atoms with van der Waals surface area (Å²) in [7, 11) is 0. The van der Waals surface area contributed by atoms with Gasteiger partial charge in [-0.25, -0.2) is 0 Å². The lowest BCUT2D eigenvalue weighted by Crippen LogP contribution is -2.46. The van der Waals surface area contributed by atoms with Gasteiger partial charge in [0, 0.05) is 0 Å². The minimum atomic E-state index is -1.44. The first-order valence-corrected chi connectivity index (χ1v) is 10.7. The van der Waals surface area contributed by atoms with Crippen LogP contribution in [0.4, 0.5) is 0 Å². The fourth-order valence-electron chi connectivity index (χ4n) is 3.41. The maximum atomic E-state index is 11.8. The Kier molecular flexibility index (Phi) is 16.4. The van der Waals surface area contributed by atoms with Crippen LogP contribution >= 0.6 is 0 Å². The Balaban J connectivity index is 3.60. The van der Waals surface area contributed by atoms with Crippen molar-refractivity contribution in [1.29, 1.82) is 0 Å². The SMILES string of the molecule is CCCCCCCCCCCCCCC[C@@H](O)[C@H](C(=O)C(C)O)C(N)O. The Morgan fingerprint density at radius 2 is 1.15 bits per heavy atom. The number of aliphatic hydroxyl groups is 3. The number of carbonyl (C=O) groups excluding carboxylic acids is 1. The first kappa shape index (κ1) is 25.5. The average Bonchev–Trinajstić information content (AvgIpc) is 2.58. The van der Waals surface area contributed by atoms with Crippen LogP contribution in [0.5, 0.6) is 0 Å². The highest BCUT2D eigenvalue weighted by Gasteiger charge is 2.33. The Bertz CT molecular complexity index is 334. The van der Waals surface area contributed by atoms with E-state index in [2.05, 4.69) is 6.92 Å². The second-order valence-electron chi connectivity index (χ2n) is 7.69. The van der Waals surface area contributed by atoms with E-state index in [0.717, 1.165) is 19.3 Å². The molecule has 0 saturated carbocycles. The maximum Gasteiger partial charge on any atom is 0.170 e. The van der Waals surface area contributed by atoms with Crippen LogP contribution in [0.15, 0.2) is 0 Å². The molecule has 0 spiro atoms. The van der Waals surface area contributed by atoms with Gasteiger partial charge < -0.3 is 21.1 Å². The van der Waals surface area contributed by atoms with Crippen LogP contribution in [-0.4, -0.2) is 39.5 Å². The van der Waals surface area contributed by atoms with Crippen molar-refractivity contribution < 1.29 is 20.1 Å². The molecule has 0 amide bonds. The Morgan fingerprint density at radius 1 is 0.769 bits per heavy atom. The third-order valence-electron chi connectivity index (χ3n) is 5.13. The van der Waals surface area contributed by atoms with Crippen molar-refractivity contribution in [3.63, 3.8) is 0 Å². The molecule has 0 fully saturated rings. The predicted molar refractivity (Wildman–Crippen MR) is 107 cm³/mol. The summed E-state index contributed by atoms with van der Waals surface area (Å²) in [5, 5.41) is 28.9. The number of Topliss-reactive ketones (excluding diaryl/α,β-unsaturated/α-hetero) is 1. The second kappa shape index (κ2) is 16.7. The summed E-state index contributed by atoms with van der Waals surface area (Å²) in [6.07, 6.45) is 13.0. The molecule has 0 aromatic heterocycles. The topological polar surface area (TPSA) is 104 Å². The van der Waals surface area contributed by atoms with Gasteiger partial charge in [0.25, 0.3) is 0 Å². The van der Waals surface area contributed by atoms with Crippen molar-refractivity contribution in [1.82, 2.24) is 0 Å².